The van der Waals surface area contributed by atoms with Crippen molar-refractivity contribution in [3.05, 3.63) is 54.9 Å². The number of aromatic hydroxyl groups is 1. The first-order valence-corrected chi connectivity index (χ1v) is 7.68. The highest BCUT2D eigenvalue weighted by Gasteiger charge is 2.07. The van der Waals surface area contributed by atoms with E-state index in [0.717, 1.165) is 11.3 Å². The van der Waals surface area contributed by atoms with Gasteiger partial charge in [-0.3, -0.25) is 0 Å². The molecular formula is C13H9Br2Cl2NO. The minimum Gasteiger partial charge on any atom is -0.506 e. The van der Waals surface area contributed by atoms with E-state index in [1.54, 1.807) is 6.07 Å². The topological polar surface area (TPSA) is 32.3 Å². The molecule has 0 radical (unpaired) electrons. The van der Waals surface area contributed by atoms with Gasteiger partial charge in [-0.2, -0.15) is 0 Å². The molecule has 0 amide bonds. The number of rotatable bonds is 3. The first-order valence-electron chi connectivity index (χ1n) is 5.34. The molecule has 0 fully saturated rings. The Balaban J connectivity index is 2.17. The number of hydrogen-bond donors (Lipinski definition) is 2. The van der Waals surface area contributed by atoms with E-state index >= 15 is 0 Å². The van der Waals surface area contributed by atoms with Crippen molar-refractivity contribution < 1.29 is 5.11 Å². The first-order chi connectivity index (χ1) is 8.99. The molecule has 0 spiro atoms. The Morgan fingerprint density at radius 1 is 1.11 bits per heavy atom. The summed E-state index contributed by atoms with van der Waals surface area (Å²) in [4.78, 5) is 0. The van der Waals surface area contributed by atoms with Crippen LogP contribution in [0.15, 0.2) is 39.3 Å². The Morgan fingerprint density at radius 2 is 1.74 bits per heavy atom. The second kappa shape index (κ2) is 6.35. The van der Waals surface area contributed by atoms with Crippen LogP contribution in [0.2, 0.25) is 10.0 Å². The Bertz CT molecular complexity index is 597. The fourth-order valence-electron chi connectivity index (χ4n) is 1.56. The van der Waals surface area contributed by atoms with Gasteiger partial charge in [0.05, 0.1) is 24.7 Å². The Hall–Kier alpha value is -0.420. The van der Waals surface area contributed by atoms with E-state index in [9.17, 15) is 5.11 Å². The predicted molar refractivity (Wildman–Crippen MR) is 87.3 cm³/mol. The van der Waals surface area contributed by atoms with Crippen LogP contribution in [0.5, 0.6) is 5.75 Å². The Labute approximate surface area is 138 Å². The maximum atomic E-state index is 9.64. The van der Waals surface area contributed by atoms with Crippen LogP contribution >= 0.6 is 55.1 Å². The summed E-state index contributed by atoms with van der Waals surface area (Å²) in [6.45, 7) is 0.567. The van der Waals surface area contributed by atoms with E-state index < -0.39 is 0 Å². The third kappa shape index (κ3) is 3.57. The van der Waals surface area contributed by atoms with Crippen molar-refractivity contribution >= 4 is 60.7 Å². The molecule has 0 atom stereocenters. The molecule has 2 nitrogen and oxygen atoms in total. The fraction of sp³-hybridized carbons (Fsp3) is 0.0769. The highest BCUT2D eigenvalue weighted by atomic mass is 79.9. The molecule has 100 valence electrons. The number of hydrogen-bond acceptors (Lipinski definition) is 2. The van der Waals surface area contributed by atoms with Gasteiger partial charge in [-0.15, -0.1) is 0 Å². The van der Waals surface area contributed by atoms with Gasteiger partial charge >= 0.3 is 0 Å². The standard InChI is InChI=1S/C13H9Br2Cl2NO/c14-8-4-7(5-9(15)13(8)19)6-18-11-3-1-2-10(16)12(11)17/h1-5,18-19H,6H2. The van der Waals surface area contributed by atoms with E-state index in [4.69, 9.17) is 23.2 Å². The smallest absolute Gasteiger partial charge is 0.143 e. The molecule has 2 rings (SSSR count). The monoisotopic (exact) mass is 423 g/mol. The molecule has 0 unspecified atom stereocenters. The molecule has 0 bridgehead atoms. The van der Waals surface area contributed by atoms with Crippen molar-refractivity contribution in [2.45, 2.75) is 6.54 Å². The maximum Gasteiger partial charge on any atom is 0.143 e. The van der Waals surface area contributed by atoms with Gasteiger partial charge < -0.3 is 10.4 Å². The second-order valence-electron chi connectivity index (χ2n) is 3.86. The first kappa shape index (κ1) is 15.0. The third-order valence-corrected chi connectivity index (χ3v) is 4.54. The summed E-state index contributed by atoms with van der Waals surface area (Å²) in [6.07, 6.45) is 0. The number of benzene rings is 2. The lowest BCUT2D eigenvalue weighted by atomic mass is 10.2. The average Bonchev–Trinajstić information content (AvgIpc) is 2.37. The molecule has 2 aromatic rings. The molecular weight excluding hydrogens is 417 g/mol. The molecule has 0 saturated heterocycles. The number of halogens is 4. The summed E-state index contributed by atoms with van der Waals surface area (Å²) in [6, 6.07) is 9.11. The largest absolute Gasteiger partial charge is 0.506 e. The summed E-state index contributed by atoms with van der Waals surface area (Å²) in [5.74, 6) is 0.185. The lowest BCUT2D eigenvalue weighted by Crippen LogP contribution is -2.00. The summed E-state index contributed by atoms with van der Waals surface area (Å²) >= 11 is 18.6. The van der Waals surface area contributed by atoms with Crippen LogP contribution in [0.25, 0.3) is 0 Å². The minimum atomic E-state index is 0.185. The van der Waals surface area contributed by atoms with Gasteiger partial charge in [0.15, 0.2) is 0 Å². The highest BCUT2D eigenvalue weighted by Crippen LogP contribution is 2.34. The molecule has 0 aromatic heterocycles. The van der Waals surface area contributed by atoms with E-state index in [2.05, 4.69) is 37.2 Å². The van der Waals surface area contributed by atoms with Crippen LogP contribution in [-0.2, 0) is 6.54 Å². The number of anilines is 1. The zero-order valence-corrected chi connectivity index (χ0v) is 14.2. The molecule has 0 aliphatic heterocycles. The molecule has 19 heavy (non-hydrogen) atoms. The van der Waals surface area contributed by atoms with E-state index in [0.29, 0.717) is 25.5 Å². The molecule has 0 aliphatic carbocycles. The fourth-order valence-corrected chi connectivity index (χ4v) is 3.21. The van der Waals surface area contributed by atoms with Crippen molar-refractivity contribution in [3.63, 3.8) is 0 Å². The van der Waals surface area contributed by atoms with Crippen LogP contribution in [-0.4, -0.2) is 5.11 Å². The third-order valence-electron chi connectivity index (χ3n) is 2.51. The summed E-state index contributed by atoms with van der Waals surface area (Å²) in [5, 5.41) is 13.9. The van der Waals surface area contributed by atoms with Gasteiger partial charge in [-0.1, -0.05) is 29.3 Å². The number of phenols is 1. The van der Waals surface area contributed by atoms with Gasteiger partial charge in [-0.25, -0.2) is 0 Å². The van der Waals surface area contributed by atoms with E-state index in [1.165, 1.54) is 0 Å². The molecule has 0 aliphatic rings. The SMILES string of the molecule is Oc1c(Br)cc(CNc2cccc(Cl)c2Cl)cc1Br. The average molecular weight is 426 g/mol. The quantitative estimate of drug-likeness (QED) is 0.647. The van der Waals surface area contributed by atoms with Crippen LogP contribution < -0.4 is 5.32 Å². The Kier molecular flexibility index (Phi) is 5.01. The molecule has 2 aromatic carbocycles. The second-order valence-corrected chi connectivity index (χ2v) is 6.36. The zero-order chi connectivity index (χ0) is 14.0. The minimum absolute atomic E-state index is 0.185. The normalized spacial score (nSPS) is 10.5. The predicted octanol–water partition coefficient (Wildman–Crippen LogP) is 5.84. The van der Waals surface area contributed by atoms with Crippen LogP contribution in [0, 0.1) is 0 Å². The van der Waals surface area contributed by atoms with Crippen molar-refractivity contribution in [2.75, 3.05) is 5.32 Å². The molecule has 2 N–H and O–H groups in total. The van der Waals surface area contributed by atoms with E-state index in [-0.39, 0.29) is 5.75 Å². The molecule has 0 saturated carbocycles. The Morgan fingerprint density at radius 3 is 2.37 bits per heavy atom. The zero-order valence-electron chi connectivity index (χ0n) is 9.55. The van der Waals surface area contributed by atoms with Crippen molar-refractivity contribution in [1.29, 1.82) is 0 Å². The van der Waals surface area contributed by atoms with Crippen molar-refractivity contribution in [2.24, 2.45) is 0 Å². The van der Waals surface area contributed by atoms with Gasteiger partial charge in [0.2, 0.25) is 0 Å². The van der Waals surface area contributed by atoms with Crippen LogP contribution in [0.4, 0.5) is 5.69 Å². The lowest BCUT2D eigenvalue weighted by molar-refractivity contribution is 0.468. The highest BCUT2D eigenvalue weighted by molar-refractivity contribution is 9.11. The summed E-state index contributed by atoms with van der Waals surface area (Å²) in [5.41, 5.74) is 1.77. The summed E-state index contributed by atoms with van der Waals surface area (Å²) in [7, 11) is 0. The van der Waals surface area contributed by atoms with E-state index in [1.807, 2.05) is 24.3 Å². The van der Waals surface area contributed by atoms with Gasteiger partial charge in [0.25, 0.3) is 0 Å². The van der Waals surface area contributed by atoms with Gasteiger partial charge in [0.1, 0.15) is 5.75 Å². The maximum absolute atomic E-state index is 9.64. The number of nitrogens with one attached hydrogen (secondary N) is 1. The van der Waals surface area contributed by atoms with Gasteiger partial charge in [-0.05, 0) is 61.7 Å². The van der Waals surface area contributed by atoms with Crippen molar-refractivity contribution in [1.82, 2.24) is 0 Å². The molecule has 6 heteroatoms. The van der Waals surface area contributed by atoms with Crippen molar-refractivity contribution in [3.8, 4) is 5.75 Å². The van der Waals surface area contributed by atoms with Crippen LogP contribution in [0.3, 0.4) is 0 Å². The summed E-state index contributed by atoms with van der Waals surface area (Å²) < 4.78 is 1.27. The van der Waals surface area contributed by atoms with Gasteiger partial charge in [0, 0.05) is 6.54 Å². The number of phenolic OH excluding ortho intramolecular Hbond substituents is 1. The molecule has 0 heterocycles. The lowest BCUT2D eigenvalue weighted by Gasteiger charge is -2.11. The van der Waals surface area contributed by atoms with Crippen LogP contribution in [0.1, 0.15) is 5.56 Å².